The molecule has 1 aliphatic carbocycles. The van der Waals surface area contributed by atoms with E-state index in [1.807, 2.05) is 32.9 Å². The SMILES string of the molecule is CC(C)(C)OC(=O)NC1CCN(c2cc3c(cc2Br)C(=O)c2c([nH]c4cc(C#N)ccc24)C3(C)C)CC1. The van der Waals surface area contributed by atoms with E-state index in [-0.39, 0.29) is 17.9 Å². The van der Waals surface area contributed by atoms with Crippen LogP contribution in [0.3, 0.4) is 0 Å². The number of benzene rings is 2. The number of aromatic nitrogens is 1. The summed E-state index contributed by atoms with van der Waals surface area (Å²) in [6.07, 6.45) is 1.23. The summed E-state index contributed by atoms with van der Waals surface area (Å²) in [7, 11) is 0. The molecule has 2 aromatic carbocycles. The Balaban J connectivity index is 1.43. The van der Waals surface area contributed by atoms with E-state index in [0.717, 1.165) is 58.3 Å². The lowest BCUT2D eigenvalue weighted by Crippen LogP contribution is -2.46. The van der Waals surface area contributed by atoms with Gasteiger partial charge in [-0.1, -0.05) is 19.9 Å². The maximum absolute atomic E-state index is 13.7. The van der Waals surface area contributed by atoms with Crippen molar-refractivity contribution in [1.29, 1.82) is 5.26 Å². The zero-order valence-electron chi connectivity index (χ0n) is 21.8. The molecule has 8 heteroatoms. The van der Waals surface area contributed by atoms with Crippen LogP contribution in [0.2, 0.25) is 0 Å². The molecular weight excluding hydrogens is 532 g/mol. The summed E-state index contributed by atoms with van der Waals surface area (Å²) < 4.78 is 6.29. The lowest BCUT2D eigenvalue weighted by molar-refractivity contribution is 0.0497. The molecule has 1 fully saturated rings. The number of ketones is 1. The smallest absolute Gasteiger partial charge is 0.407 e. The Morgan fingerprint density at radius 2 is 1.92 bits per heavy atom. The van der Waals surface area contributed by atoms with Gasteiger partial charge in [-0.3, -0.25) is 4.79 Å². The van der Waals surface area contributed by atoms with E-state index >= 15 is 0 Å². The number of rotatable bonds is 2. The summed E-state index contributed by atoms with van der Waals surface area (Å²) in [5, 5.41) is 13.2. The largest absolute Gasteiger partial charge is 0.444 e. The molecule has 7 nitrogen and oxygen atoms in total. The highest BCUT2D eigenvalue weighted by Gasteiger charge is 2.40. The third-order valence-corrected chi connectivity index (χ3v) is 7.98. The highest BCUT2D eigenvalue weighted by Crippen LogP contribution is 2.46. The Bertz CT molecular complexity index is 1470. The number of carbonyl (C=O) groups is 2. The topological polar surface area (TPSA) is 98.2 Å². The average molecular weight is 563 g/mol. The first kappa shape index (κ1) is 25.3. The number of anilines is 1. The van der Waals surface area contributed by atoms with Crippen molar-refractivity contribution in [3.05, 3.63) is 62.8 Å². The van der Waals surface area contributed by atoms with Crippen LogP contribution in [-0.2, 0) is 10.2 Å². The van der Waals surface area contributed by atoms with Gasteiger partial charge in [0.25, 0.3) is 0 Å². The minimum absolute atomic E-state index is 0.00667. The molecule has 192 valence electrons. The van der Waals surface area contributed by atoms with E-state index < -0.39 is 11.0 Å². The third-order valence-electron chi connectivity index (χ3n) is 7.34. The molecule has 37 heavy (non-hydrogen) atoms. The Labute approximate surface area is 225 Å². The van der Waals surface area contributed by atoms with Gasteiger partial charge in [0.15, 0.2) is 5.78 Å². The molecule has 2 N–H and O–H groups in total. The molecular formula is C29H31BrN4O3. The first-order valence-corrected chi connectivity index (χ1v) is 13.4. The Kier molecular flexibility index (Phi) is 6.11. The summed E-state index contributed by atoms with van der Waals surface area (Å²) in [5.74, 6) is -0.00667. The number of nitriles is 1. The van der Waals surface area contributed by atoms with Crippen molar-refractivity contribution < 1.29 is 14.3 Å². The number of amides is 1. The first-order valence-electron chi connectivity index (χ1n) is 12.6. The minimum Gasteiger partial charge on any atom is -0.444 e. The van der Waals surface area contributed by atoms with Gasteiger partial charge in [0.2, 0.25) is 0 Å². The Morgan fingerprint density at radius 3 is 2.57 bits per heavy atom. The van der Waals surface area contributed by atoms with Crippen LogP contribution in [0.5, 0.6) is 0 Å². The maximum atomic E-state index is 13.7. The summed E-state index contributed by atoms with van der Waals surface area (Å²) in [6.45, 7) is 11.4. The molecule has 0 spiro atoms. The lowest BCUT2D eigenvalue weighted by atomic mass is 9.71. The van der Waals surface area contributed by atoms with Gasteiger partial charge in [-0.05, 0) is 79.4 Å². The van der Waals surface area contributed by atoms with Crippen LogP contribution in [0.15, 0.2) is 34.8 Å². The van der Waals surface area contributed by atoms with Gasteiger partial charge < -0.3 is 19.9 Å². The van der Waals surface area contributed by atoms with Crippen molar-refractivity contribution in [3.63, 3.8) is 0 Å². The summed E-state index contributed by atoms with van der Waals surface area (Å²) in [5.41, 5.74) is 4.68. The molecule has 1 aliphatic heterocycles. The fourth-order valence-electron chi connectivity index (χ4n) is 5.49. The van der Waals surface area contributed by atoms with Crippen LogP contribution in [-0.4, -0.2) is 41.6 Å². The normalized spacial score (nSPS) is 17.2. The van der Waals surface area contributed by atoms with E-state index in [4.69, 9.17) is 4.74 Å². The molecule has 0 bridgehead atoms. The lowest BCUT2D eigenvalue weighted by Gasteiger charge is -2.37. The molecule has 1 aromatic heterocycles. The van der Waals surface area contributed by atoms with Crippen LogP contribution in [0.25, 0.3) is 10.9 Å². The number of nitrogens with one attached hydrogen (secondary N) is 2. The second-order valence-corrected chi connectivity index (χ2v) is 12.3. The van der Waals surface area contributed by atoms with Gasteiger partial charge in [-0.25, -0.2) is 4.79 Å². The average Bonchev–Trinajstić information content (AvgIpc) is 3.22. The number of ether oxygens (including phenoxy) is 1. The molecule has 0 radical (unpaired) electrons. The van der Waals surface area contributed by atoms with E-state index in [0.29, 0.717) is 16.7 Å². The van der Waals surface area contributed by atoms with Crippen LogP contribution in [0.1, 0.15) is 80.2 Å². The number of halogens is 1. The standard InChI is InChI=1S/C29H31BrN4O3/c1-28(2,3)37-27(36)32-17-8-10-34(11-9-17)23-14-20-19(13-21(23)30)25(35)24-18-7-6-16(15-31)12-22(18)33-26(24)29(20,4)5/h6-7,12-14,17,33H,8-11H2,1-5H3,(H,32,36). The number of piperidine rings is 1. The highest BCUT2D eigenvalue weighted by atomic mass is 79.9. The van der Waals surface area contributed by atoms with Crippen molar-refractivity contribution in [1.82, 2.24) is 10.3 Å². The predicted molar refractivity (Wildman–Crippen MR) is 147 cm³/mol. The fraction of sp³-hybridized carbons (Fsp3) is 0.414. The molecule has 3 aromatic rings. The Morgan fingerprint density at radius 1 is 1.22 bits per heavy atom. The number of H-pyrrole nitrogens is 1. The van der Waals surface area contributed by atoms with Crippen LogP contribution >= 0.6 is 15.9 Å². The molecule has 1 saturated heterocycles. The summed E-state index contributed by atoms with van der Waals surface area (Å²) in [4.78, 5) is 31.7. The second kappa shape index (κ2) is 8.91. The number of aromatic amines is 1. The molecule has 0 unspecified atom stereocenters. The number of hydrogen-bond donors (Lipinski definition) is 2. The fourth-order valence-corrected chi connectivity index (χ4v) is 6.08. The van der Waals surface area contributed by atoms with Gasteiger partial charge in [-0.15, -0.1) is 0 Å². The number of hydrogen-bond acceptors (Lipinski definition) is 5. The van der Waals surface area contributed by atoms with Gasteiger partial charge in [-0.2, -0.15) is 5.26 Å². The monoisotopic (exact) mass is 562 g/mol. The van der Waals surface area contributed by atoms with Crippen LogP contribution in [0, 0.1) is 11.3 Å². The van der Waals surface area contributed by atoms with Crippen LogP contribution < -0.4 is 10.2 Å². The Hall–Kier alpha value is -3.31. The van der Waals surface area contributed by atoms with Crippen molar-refractivity contribution in [3.8, 4) is 6.07 Å². The third kappa shape index (κ3) is 4.50. The van der Waals surface area contributed by atoms with E-state index in [1.165, 1.54) is 0 Å². The second-order valence-electron chi connectivity index (χ2n) is 11.5. The molecule has 2 aliphatic rings. The summed E-state index contributed by atoms with van der Waals surface area (Å²) in [6, 6.07) is 11.7. The maximum Gasteiger partial charge on any atom is 0.407 e. The highest BCUT2D eigenvalue weighted by molar-refractivity contribution is 9.10. The predicted octanol–water partition coefficient (Wildman–Crippen LogP) is 6.17. The van der Waals surface area contributed by atoms with E-state index in [9.17, 15) is 14.9 Å². The zero-order valence-corrected chi connectivity index (χ0v) is 23.4. The molecule has 2 heterocycles. The van der Waals surface area contributed by atoms with E-state index in [2.05, 4.69) is 57.1 Å². The number of alkyl carbamates (subject to hydrolysis) is 1. The molecule has 0 saturated carbocycles. The van der Waals surface area contributed by atoms with Crippen molar-refractivity contribution in [2.75, 3.05) is 18.0 Å². The quantitative estimate of drug-likeness (QED) is 0.389. The number of carbonyl (C=O) groups excluding carboxylic acids is 2. The van der Waals surface area contributed by atoms with E-state index in [1.54, 1.807) is 12.1 Å². The van der Waals surface area contributed by atoms with Gasteiger partial charge >= 0.3 is 6.09 Å². The van der Waals surface area contributed by atoms with Gasteiger partial charge in [0, 0.05) is 51.2 Å². The number of nitrogens with zero attached hydrogens (tertiary/aromatic N) is 2. The van der Waals surface area contributed by atoms with Crippen molar-refractivity contribution in [2.45, 2.75) is 64.5 Å². The van der Waals surface area contributed by atoms with Gasteiger partial charge in [0.05, 0.1) is 22.9 Å². The number of fused-ring (bicyclic) bond motifs is 4. The zero-order chi connectivity index (χ0) is 26.7. The van der Waals surface area contributed by atoms with Crippen molar-refractivity contribution >= 4 is 44.4 Å². The molecule has 0 atom stereocenters. The van der Waals surface area contributed by atoms with Gasteiger partial charge in [0.1, 0.15) is 5.60 Å². The molecule has 1 amide bonds. The minimum atomic E-state index is -0.522. The van der Waals surface area contributed by atoms with Crippen LogP contribution in [0.4, 0.5) is 10.5 Å². The summed E-state index contributed by atoms with van der Waals surface area (Å²) >= 11 is 3.74. The molecule has 5 rings (SSSR count). The first-order chi connectivity index (χ1) is 17.4. The van der Waals surface area contributed by atoms with Crippen molar-refractivity contribution in [2.24, 2.45) is 0 Å².